The molecule has 0 fully saturated rings. The first-order valence-corrected chi connectivity index (χ1v) is 7.91. The van der Waals surface area contributed by atoms with Gasteiger partial charge < -0.3 is 0 Å². The lowest BCUT2D eigenvalue weighted by molar-refractivity contribution is 1.78. The molecule has 0 N–H and O–H groups in total. The van der Waals surface area contributed by atoms with E-state index in [9.17, 15) is 0 Å². The van der Waals surface area contributed by atoms with Gasteiger partial charge >= 0.3 is 0 Å². The Labute approximate surface area is 69.1 Å². The molecule has 7 heavy (non-hydrogen) atoms. The van der Waals surface area contributed by atoms with Crippen LogP contribution in [0.3, 0.4) is 0 Å². The summed E-state index contributed by atoms with van der Waals surface area (Å²) in [6, 6.07) is 0. The summed E-state index contributed by atoms with van der Waals surface area (Å²) in [7, 11) is 0. The second kappa shape index (κ2) is 4.49. The van der Waals surface area contributed by atoms with E-state index in [0.29, 0.717) is 0 Å². The minimum Gasteiger partial charge on any atom is -0.0884 e. The number of halogens is 3. The summed E-state index contributed by atoms with van der Waals surface area (Å²) >= 11 is 9.97. The SMILES string of the molecule is C=C(Br)CP(Br)Br. The average molecular weight is 311 g/mol. The summed E-state index contributed by atoms with van der Waals surface area (Å²) in [5, 5.41) is -0.161. The fourth-order valence-electron chi connectivity index (χ4n) is 0.130. The summed E-state index contributed by atoms with van der Waals surface area (Å²) in [6.45, 7) is 3.67. The smallest absolute Gasteiger partial charge is 0.0396 e. The van der Waals surface area contributed by atoms with Crippen LogP contribution in [-0.2, 0) is 0 Å². The van der Waals surface area contributed by atoms with E-state index >= 15 is 0 Å². The van der Waals surface area contributed by atoms with Gasteiger partial charge in [0.25, 0.3) is 0 Å². The maximum Gasteiger partial charge on any atom is 0.0396 e. The van der Waals surface area contributed by atoms with Crippen molar-refractivity contribution in [3.8, 4) is 0 Å². The van der Waals surface area contributed by atoms with E-state index in [4.69, 9.17) is 0 Å². The maximum atomic E-state index is 3.67. The molecule has 0 unspecified atom stereocenters. The van der Waals surface area contributed by atoms with E-state index in [0.717, 1.165) is 10.6 Å². The van der Waals surface area contributed by atoms with Crippen LogP contribution in [0.25, 0.3) is 0 Å². The zero-order valence-corrected chi connectivity index (χ0v) is 9.15. The standard InChI is InChI=1S/C3H4Br3P/c1-3(4)2-7(5)6/h1-2H2. The Hall–Kier alpha value is 1.61. The van der Waals surface area contributed by atoms with Crippen LogP contribution >= 0.6 is 52.2 Å². The fraction of sp³-hybridized carbons (Fsp3) is 0.333. The van der Waals surface area contributed by atoms with Crippen molar-refractivity contribution in [2.45, 2.75) is 0 Å². The van der Waals surface area contributed by atoms with E-state index in [1.54, 1.807) is 0 Å². The van der Waals surface area contributed by atoms with Crippen LogP contribution < -0.4 is 0 Å². The van der Waals surface area contributed by atoms with Crippen molar-refractivity contribution < 1.29 is 0 Å². The van der Waals surface area contributed by atoms with E-state index < -0.39 is 0 Å². The second-order valence-corrected chi connectivity index (χ2v) is 11.0. The van der Waals surface area contributed by atoms with E-state index in [1.165, 1.54) is 0 Å². The molecular weight excluding hydrogens is 307 g/mol. The first-order valence-electron chi connectivity index (χ1n) is 1.55. The number of allylic oxidation sites excluding steroid dienone is 1. The molecule has 0 aliphatic heterocycles. The highest BCUT2D eigenvalue weighted by molar-refractivity contribution is 9.69. The molecule has 0 nitrogen and oxygen atoms in total. The van der Waals surface area contributed by atoms with Crippen molar-refractivity contribution in [1.29, 1.82) is 0 Å². The van der Waals surface area contributed by atoms with Crippen molar-refractivity contribution >= 4 is 52.2 Å². The Morgan fingerprint density at radius 3 is 2.00 bits per heavy atom. The quantitative estimate of drug-likeness (QED) is 0.676. The minimum atomic E-state index is -0.161. The van der Waals surface area contributed by atoms with Crippen LogP contribution in [0.5, 0.6) is 0 Å². The first-order chi connectivity index (χ1) is 3.13. The van der Waals surface area contributed by atoms with Gasteiger partial charge in [-0.25, -0.2) is 0 Å². The van der Waals surface area contributed by atoms with Crippen LogP contribution in [0.15, 0.2) is 11.1 Å². The van der Waals surface area contributed by atoms with Gasteiger partial charge in [-0.05, 0) is 35.5 Å². The van der Waals surface area contributed by atoms with Gasteiger partial charge in [-0.2, -0.15) is 0 Å². The van der Waals surface area contributed by atoms with E-state index in [1.807, 2.05) is 0 Å². The highest BCUT2D eigenvalue weighted by Crippen LogP contribution is 2.53. The average Bonchev–Trinajstić information content (AvgIpc) is 1.27. The number of rotatable bonds is 2. The van der Waals surface area contributed by atoms with Crippen molar-refractivity contribution in [2.24, 2.45) is 0 Å². The Balaban J connectivity index is 3.13. The molecule has 4 heteroatoms. The van der Waals surface area contributed by atoms with Gasteiger partial charge in [-0.1, -0.05) is 22.5 Å². The molecule has 0 aromatic carbocycles. The number of hydrogen-bond donors (Lipinski definition) is 0. The molecule has 0 rings (SSSR count). The molecule has 0 aliphatic carbocycles. The van der Waals surface area contributed by atoms with Gasteiger partial charge in [-0.15, -0.1) is 0 Å². The van der Waals surface area contributed by atoms with Crippen LogP contribution in [0.4, 0.5) is 0 Å². The predicted molar refractivity (Wildman–Crippen MR) is 47.7 cm³/mol. The summed E-state index contributed by atoms with van der Waals surface area (Å²) in [4.78, 5) is 0. The van der Waals surface area contributed by atoms with Crippen molar-refractivity contribution in [3.63, 3.8) is 0 Å². The zero-order chi connectivity index (χ0) is 5.86. The Kier molecular flexibility index (Phi) is 5.52. The molecular formula is C3H4Br3P. The van der Waals surface area contributed by atoms with Gasteiger partial charge in [0.15, 0.2) is 0 Å². The van der Waals surface area contributed by atoms with Crippen molar-refractivity contribution in [3.05, 3.63) is 11.1 Å². The van der Waals surface area contributed by atoms with Crippen LogP contribution in [0, 0.1) is 0 Å². The summed E-state index contributed by atoms with van der Waals surface area (Å²) in [5.74, 6) is 0. The fourth-order valence-corrected chi connectivity index (χ4v) is 4.98. The van der Waals surface area contributed by atoms with E-state index in [2.05, 4.69) is 53.5 Å². The second-order valence-electron chi connectivity index (χ2n) is 0.978. The van der Waals surface area contributed by atoms with Gasteiger partial charge in [0.05, 0.1) is 0 Å². The Morgan fingerprint density at radius 1 is 1.57 bits per heavy atom. The molecule has 42 valence electrons. The van der Waals surface area contributed by atoms with Crippen molar-refractivity contribution in [1.82, 2.24) is 0 Å². The third-order valence-electron chi connectivity index (χ3n) is 0.291. The van der Waals surface area contributed by atoms with Gasteiger partial charge in [0.2, 0.25) is 0 Å². The largest absolute Gasteiger partial charge is 0.0884 e. The molecule has 0 saturated carbocycles. The highest BCUT2D eigenvalue weighted by Gasteiger charge is 1.95. The molecule has 0 atom stereocenters. The lowest BCUT2D eigenvalue weighted by Gasteiger charge is -1.94. The molecule has 0 aliphatic rings. The van der Waals surface area contributed by atoms with Gasteiger partial charge in [0.1, 0.15) is 0 Å². The van der Waals surface area contributed by atoms with Crippen molar-refractivity contribution in [2.75, 3.05) is 6.16 Å². The van der Waals surface area contributed by atoms with Crippen LogP contribution in [0.2, 0.25) is 0 Å². The molecule has 0 spiro atoms. The van der Waals surface area contributed by atoms with Gasteiger partial charge in [0, 0.05) is 11.5 Å². The zero-order valence-electron chi connectivity index (χ0n) is 3.50. The maximum absolute atomic E-state index is 3.67. The Bertz CT molecular complexity index is 70.6. The topological polar surface area (TPSA) is 0 Å². The molecule has 0 saturated heterocycles. The van der Waals surface area contributed by atoms with E-state index in [-0.39, 0.29) is 5.33 Å². The summed E-state index contributed by atoms with van der Waals surface area (Å²) in [6.07, 6.45) is 0.981. The molecule has 0 aromatic rings. The normalized spacial score (nSPS) is 9.71. The predicted octanol–water partition coefficient (Wildman–Crippen LogP) is 4.00. The van der Waals surface area contributed by atoms with Gasteiger partial charge in [-0.3, -0.25) is 0 Å². The highest BCUT2D eigenvalue weighted by atomic mass is 79.9. The molecule has 0 heterocycles. The molecule has 0 radical (unpaired) electrons. The van der Waals surface area contributed by atoms with Crippen LogP contribution in [-0.4, -0.2) is 6.16 Å². The lowest BCUT2D eigenvalue weighted by atomic mass is 10.8. The monoisotopic (exact) mass is 308 g/mol. The third kappa shape index (κ3) is 7.61. The summed E-state index contributed by atoms with van der Waals surface area (Å²) < 4.78 is 1.03. The lowest BCUT2D eigenvalue weighted by Crippen LogP contribution is -1.66. The Morgan fingerprint density at radius 2 is 2.00 bits per heavy atom. The van der Waals surface area contributed by atoms with Crippen LogP contribution in [0.1, 0.15) is 0 Å². The molecule has 0 bridgehead atoms. The molecule has 0 amide bonds. The summed E-state index contributed by atoms with van der Waals surface area (Å²) in [5.41, 5.74) is 0. The molecule has 0 aromatic heterocycles. The first kappa shape index (κ1) is 8.61. The third-order valence-corrected chi connectivity index (χ3v) is 3.13. The number of hydrogen-bond acceptors (Lipinski definition) is 0. The minimum absolute atomic E-state index is 0.161.